The fraction of sp³-hybridized carbons (Fsp3) is 0.600. The van der Waals surface area contributed by atoms with Gasteiger partial charge in [-0.15, -0.1) is 0 Å². The molecule has 26 heavy (non-hydrogen) atoms. The number of ether oxygens (including phenoxy) is 3. The van der Waals surface area contributed by atoms with Crippen molar-refractivity contribution in [2.24, 2.45) is 5.92 Å². The van der Waals surface area contributed by atoms with Gasteiger partial charge in [0.1, 0.15) is 11.4 Å². The molecule has 0 saturated carbocycles. The second-order valence-corrected chi connectivity index (χ2v) is 7.50. The quantitative estimate of drug-likeness (QED) is 0.690. The molecule has 0 radical (unpaired) electrons. The van der Waals surface area contributed by atoms with Gasteiger partial charge in [0, 0.05) is 12.6 Å². The highest BCUT2D eigenvalue weighted by Crippen LogP contribution is 2.19. The number of benzene rings is 1. The maximum absolute atomic E-state index is 12.5. The highest BCUT2D eigenvalue weighted by atomic mass is 16.6. The summed E-state index contributed by atoms with van der Waals surface area (Å²) in [4.78, 5) is 26.4. The van der Waals surface area contributed by atoms with E-state index >= 15 is 0 Å². The molecular weight excluding hydrogens is 334 g/mol. The summed E-state index contributed by atoms with van der Waals surface area (Å²) in [5.41, 5.74) is 0.370. The topological polar surface area (TPSA) is 65.1 Å². The molecule has 1 rings (SSSR count). The van der Waals surface area contributed by atoms with Crippen molar-refractivity contribution in [1.82, 2.24) is 4.90 Å². The Morgan fingerprint density at radius 1 is 1.08 bits per heavy atom. The van der Waals surface area contributed by atoms with Gasteiger partial charge < -0.3 is 19.1 Å². The van der Waals surface area contributed by atoms with Gasteiger partial charge in [-0.1, -0.05) is 12.1 Å². The Balaban J connectivity index is 2.95. The molecule has 0 saturated heterocycles. The van der Waals surface area contributed by atoms with Gasteiger partial charge in [-0.3, -0.25) is 4.79 Å². The summed E-state index contributed by atoms with van der Waals surface area (Å²) in [6, 6.07) is 7.40. The van der Waals surface area contributed by atoms with Crippen LogP contribution >= 0.6 is 0 Å². The molecule has 1 aromatic carbocycles. The smallest absolute Gasteiger partial charge is 0.410 e. The molecule has 0 aliphatic heterocycles. The lowest BCUT2D eigenvalue weighted by molar-refractivity contribution is -0.146. The highest BCUT2D eigenvalue weighted by molar-refractivity contribution is 5.75. The lowest BCUT2D eigenvalue weighted by atomic mass is 9.98. The fourth-order valence-corrected chi connectivity index (χ4v) is 2.49. The summed E-state index contributed by atoms with van der Waals surface area (Å²) >= 11 is 0. The van der Waals surface area contributed by atoms with Crippen LogP contribution in [0.25, 0.3) is 0 Å². The summed E-state index contributed by atoms with van der Waals surface area (Å²) in [6.45, 7) is 9.47. The molecule has 1 atom stereocenters. The van der Waals surface area contributed by atoms with E-state index in [-0.39, 0.29) is 18.6 Å². The highest BCUT2D eigenvalue weighted by Gasteiger charge is 2.30. The van der Waals surface area contributed by atoms with Gasteiger partial charge in [0.2, 0.25) is 0 Å². The standard InChI is InChI=1S/C20H31NO5/c1-14(2)21(19(23)26-20(3,4)5)13-16(18(22)25-7)12-15-8-10-17(24-6)11-9-15/h8-11,14,16H,12-13H2,1-7H3. The Bertz CT molecular complexity index is 589. The van der Waals surface area contributed by atoms with E-state index in [2.05, 4.69) is 0 Å². The van der Waals surface area contributed by atoms with Crippen molar-refractivity contribution in [3.8, 4) is 5.75 Å². The van der Waals surface area contributed by atoms with Crippen LogP contribution in [0.5, 0.6) is 5.75 Å². The summed E-state index contributed by atoms with van der Waals surface area (Å²) in [5.74, 6) is -0.0840. The van der Waals surface area contributed by atoms with Gasteiger partial charge in [-0.05, 0) is 58.7 Å². The molecule has 0 bridgehead atoms. The summed E-state index contributed by atoms with van der Waals surface area (Å²) in [6.07, 6.45) is 0.0269. The zero-order chi connectivity index (χ0) is 19.9. The second kappa shape index (κ2) is 9.46. The molecule has 1 unspecified atom stereocenters. The zero-order valence-corrected chi connectivity index (χ0v) is 16.9. The summed E-state index contributed by atoms with van der Waals surface area (Å²) < 4.78 is 15.6. The van der Waals surface area contributed by atoms with Gasteiger partial charge in [0.25, 0.3) is 0 Å². The number of methoxy groups -OCH3 is 2. The van der Waals surface area contributed by atoms with Crippen molar-refractivity contribution in [3.05, 3.63) is 29.8 Å². The largest absolute Gasteiger partial charge is 0.497 e. The first-order valence-corrected chi connectivity index (χ1v) is 8.77. The predicted molar refractivity (Wildman–Crippen MR) is 100 cm³/mol. The second-order valence-electron chi connectivity index (χ2n) is 7.50. The number of carbonyl (C=O) groups is 2. The fourth-order valence-electron chi connectivity index (χ4n) is 2.49. The molecule has 0 heterocycles. The number of nitrogens with zero attached hydrogens (tertiary/aromatic N) is 1. The molecule has 1 amide bonds. The number of carbonyl (C=O) groups excluding carboxylic acids is 2. The van der Waals surface area contributed by atoms with E-state index in [1.165, 1.54) is 7.11 Å². The Hall–Kier alpha value is -2.24. The minimum atomic E-state index is -0.596. The van der Waals surface area contributed by atoms with Crippen molar-refractivity contribution < 1.29 is 23.8 Å². The third kappa shape index (κ3) is 6.94. The van der Waals surface area contributed by atoms with Crippen molar-refractivity contribution in [2.45, 2.75) is 52.7 Å². The first-order valence-electron chi connectivity index (χ1n) is 8.77. The van der Waals surface area contributed by atoms with Crippen LogP contribution in [0.3, 0.4) is 0 Å². The number of amides is 1. The van der Waals surface area contributed by atoms with E-state index in [4.69, 9.17) is 14.2 Å². The Labute approximate surface area is 156 Å². The van der Waals surface area contributed by atoms with Crippen LogP contribution in [0.1, 0.15) is 40.2 Å². The van der Waals surface area contributed by atoms with Crippen LogP contribution in [-0.4, -0.2) is 49.4 Å². The van der Waals surface area contributed by atoms with Crippen LogP contribution in [0, 0.1) is 5.92 Å². The van der Waals surface area contributed by atoms with Crippen molar-refractivity contribution >= 4 is 12.1 Å². The third-order valence-electron chi connectivity index (χ3n) is 3.84. The molecule has 0 aliphatic rings. The molecule has 1 aromatic rings. The van der Waals surface area contributed by atoms with Gasteiger partial charge in [-0.25, -0.2) is 4.79 Å². The van der Waals surface area contributed by atoms with Crippen LogP contribution in [0.15, 0.2) is 24.3 Å². The first-order chi connectivity index (χ1) is 12.1. The predicted octanol–water partition coefficient (Wildman–Crippen LogP) is 3.67. The minimum absolute atomic E-state index is 0.104. The van der Waals surface area contributed by atoms with Crippen molar-refractivity contribution in [1.29, 1.82) is 0 Å². The monoisotopic (exact) mass is 365 g/mol. The number of hydrogen-bond acceptors (Lipinski definition) is 5. The average molecular weight is 365 g/mol. The van der Waals surface area contributed by atoms with Gasteiger partial charge in [0.05, 0.1) is 20.1 Å². The van der Waals surface area contributed by atoms with Gasteiger partial charge in [0.15, 0.2) is 0 Å². The maximum Gasteiger partial charge on any atom is 0.410 e. The van der Waals surface area contributed by atoms with E-state index in [0.717, 1.165) is 11.3 Å². The normalized spacial score (nSPS) is 12.5. The summed E-state index contributed by atoms with van der Waals surface area (Å²) in [5, 5.41) is 0. The zero-order valence-electron chi connectivity index (χ0n) is 16.9. The molecule has 0 N–H and O–H groups in total. The Kier molecular flexibility index (Phi) is 7.93. The molecular formula is C20H31NO5. The van der Waals surface area contributed by atoms with Gasteiger partial charge in [-0.2, -0.15) is 0 Å². The van der Waals surface area contributed by atoms with Crippen molar-refractivity contribution in [2.75, 3.05) is 20.8 Å². The first kappa shape index (κ1) is 21.8. The van der Waals surface area contributed by atoms with Crippen LogP contribution in [0.2, 0.25) is 0 Å². The average Bonchev–Trinajstić information content (AvgIpc) is 2.56. The molecule has 0 aromatic heterocycles. The maximum atomic E-state index is 12.5. The molecule has 6 heteroatoms. The lowest BCUT2D eigenvalue weighted by Crippen LogP contribution is -2.45. The minimum Gasteiger partial charge on any atom is -0.497 e. The van der Waals surface area contributed by atoms with Crippen molar-refractivity contribution in [3.63, 3.8) is 0 Å². The van der Waals surface area contributed by atoms with Crippen LogP contribution < -0.4 is 4.74 Å². The molecule has 146 valence electrons. The van der Waals surface area contributed by atoms with Gasteiger partial charge >= 0.3 is 12.1 Å². The van der Waals surface area contributed by atoms with E-state index < -0.39 is 17.6 Å². The summed E-state index contributed by atoms with van der Waals surface area (Å²) in [7, 11) is 2.96. The number of esters is 1. The van der Waals surface area contributed by atoms with Crippen LogP contribution in [0.4, 0.5) is 4.79 Å². The Morgan fingerprint density at radius 3 is 2.08 bits per heavy atom. The molecule has 6 nitrogen and oxygen atoms in total. The van der Waals surface area contributed by atoms with E-state index in [1.54, 1.807) is 12.0 Å². The SMILES string of the molecule is COC(=O)C(Cc1ccc(OC)cc1)CN(C(=O)OC(C)(C)C)C(C)C. The van der Waals surface area contributed by atoms with E-state index in [0.29, 0.717) is 6.42 Å². The van der Waals surface area contributed by atoms with Crippen LogP contribution in [-0.2, 0) is 20.7 Å². The molecule has 0 spiro atoms. The van der Waals surface area contributed by atoms with E-state index in [9.17, 15) is 9.59 Å². The number of hydrogen-bond donors (Lipinski definition) is 0. The molecule has 0 fully saturated rings. The lowest BCUT2D eigenvalue weighted by Gasteiger charge is -2.32. The number of rotatable bonds is 7. The molecule has 0 aliphatic carbocycles. The van der Waals surface area contributed by atoms with E-state index in [1.807, 2.05) is 58.9 Å². The Morgan fingerprint density at radius 2 is 1.65 bits per heavy atom. The third-order valence-corrected chi connectivity index (χ3v) is 3.84.